The number of fused-ring (bicyclic) bond motifs is 1. The van der Waals surface area contributed by atoms with Gasteiger partial charge in [-0.15, -0.1) is 0 Å². The van der Waals surface area contributed by atoms with Crippen molar-refractivity contribution in [2.24, 2.45) is 0 Å². The summed E-state index contributed by atoms with van der Waals surface area (Å²) in [6.07, 6.45) is 1.77. The van der Waals surface area contributed by atoms with Crippen LogP contribution >= 0.6 is 0 Å². The molecule has 2 unspecified atom stereocenters. The first-order chi connectivity index (χ1) is 17.1. The summed E-state index contributed by atoms with van der Waals surface area (Å²) >= 11 is 0. The molecule has 2 fully saturated rings. The molecule has 0 spiro atoms. The number of aryl methyl sites for hydroxylation is 1. The lowest BCUT2D eigenvalue weighted by molar-refractivity contribution is 0.0111. The Bertz CT molecular complexity index is 1280. The van der Waals surface area contributed by atoms with Gasteiger partial charge in [0.25, 0.3) is 0 Å². The second-order valence-corrected chi connectivity index (χ2v) is 10.6. The number of benzene rings is 1. The van der Waals surface area contributed by atoms with Crippen LogP contribution in [0.3, 0.4) is 0 Å². The van der Waals surface area contributed by atoms with Crippen LogP contribution in [0.5, 0.6) is 6.01 Å². The zero-order valence-corrected chi connectivity index (χ0v) is 21.5. The van der Waals surface area contributed by atoms with Crippen LogP contribution in [0.4, 0.5) is 15.0 Å². The van der Waals surface area contributed by atoms with Gasteiger partial charge in [-0.2, -0.15) is 15.1 Å². The number of aromatic nitrogens is 4. The van der Waals surface area contributed by atoms with E-state index in [0.29, 0.717) is 18.8 Å². The summed E-state index contributed by atoms with van der Waals surface area (Å²) in [6, 6.07) is 6.24. The molecule has 3 aromatic rings. The highest BCUT2D eigenvalue weighted by molar-refractivity contribution is 5.82. The number of rotatable bonds is 4. The molecule has 10 heteroatoms. The maximum Gasteiger partial charge on any atom is 0.410 e. The third-order valence-electron chi connectivity index (χ3n) is 6.81. The number of nitrogens with zero attached hydrogens (tertiary/aromatic N) is 6. The number of methoxy groups -OCH3 is 1. The van der Waals surface area contributed by atoms with Crippen molar-refractivity contribution >= 4 is 22.8 Å². The fraction of sp³-hybridized carbons (Fsp3) is 0.538. The van der Waals surface area contributed by atoms with Gasteiger partial charge >= 0.3 is 12.1 Å². The highest BCUT2D eigenvalue weighted by atomic mass is 19.1. The highest BCUT2D eigenvalue weighted by Crippen LogP contribution is 2.36. The van der Waals surface area contributed by atoms with Gasteiger partial charge < -0.3 is 19.3 Å². The van der Waals surface area contributed by atoms with E-state index in [9.17, 15) is 4.79 Å². The third-order valence-corrected chi connectivity index (χ3v) is 6.81. The molecule has 1 amide bonds. The Morgan fingerprint density at radius 3 is 2.50 bits per heavy atom. The van der Waals surface area contributed by atoms with Crippen LogP contribution < -0.4 is 9.64 Å². The summed E-state index contributed by atoms with van der Waals surface area (Å²) in [6.45, 7) is 9.78. The quantitative estimate of drug-likeness (QED) is 0.529. The average molecular weight is 497 g/mol. The average Bonchev–Trinajstić information content (AvgIpc) is 3.18. The predicted molar refractivity (Wildman–Crippen MR) is 135 cm³/mol. The molecule has 4 heterocycles. The first kappa shape index (κ1) is 24.3. The normalized spacial score (nSPS) is 20.4. The van der Waals surface area contributed by atoms with Crippen molar-refractivity contribution in [1.82, 2.24) is 24.6 Å². The van der Waals surface area contributed by atoms with E-state index in [4.69, 9.17) is 9.47 Å². The molecular weight excluding hydrogens is 463 g/mol. The topological polar surface area (TPSA) is 85.6 Å². The zero-order valence-electron chi connectivity index (χ0n) is 21.5. The summed E-state index contributed by atoms with van der Waals surface area (Å²) in [5, 5.41) is 5.54. The minimum Gasteiger partial charge on any atom is -0.467 e. The van der Waals surface area contributed by atoms with Crippen LogP contribution in [0.15, 0.2) is 24.4 Å². The lowest BCUT2D eigenvalue weighted by Gasteiger charge is -2.36. The summed E-state index contributed by atoms with van der Waals surface area (Å²) in [5.74, 6) is 1.08. The molecule has 36 heavy (non-hydrogen) atoms. The largest absolute Gasteiger partial charge is 0.467 e. The van der Waals surface area contributed by atoms with Crippen molar-refractivity contribution in [3.8, 4) is 11.8 Å². The van der Waals surface area contributed by atoms with Gasteiger partial charge in [0.2, 0.25) is 0 Å². The molecule has 9 nitrogen and oxygen atoms in total. The van der Waals surface area contributed by atoms with Crippen molar-refractivity contribution in [3.05, 3.63) is 35.5 Å². The fourth-order valence-electron chi connectivity index (χ4n) is 4.84. The van der Waals surface area contributed by atoms with Crippen molar-refractivity contribution < 1.29 is 18.7 Å². The lowest BCUT2D eigenvalue weighted by Crippen LogP contribution is -2.46. The van der Waals surface area contributed by atoms with E-state index in [-0.39, 0.29) is 18.5 Å². The lowest BCUT2D eigenvalue weighted by atomic mass is 9.85. The Labute approximate surface area is 210 Å². The van der Waals surface area contributed by atoms with E-state index in [1.54, 1.807) is 18.0 Å². The molecule has 0 radical (unpaired) electrons. The molecule has 2 aromatic heterocycles. The Hall–Kier alpha value is -3.43. The molecule has 0 N–H and O–H groups in total. The monoisotopic (exact) mass is 496 g/mol. The number of halogens is 1. The van der Waals surface area contributed by atoms with Gasteiger partial charge in [0.15, 0.2) is 5.82 Å². The van der Waals surface area contributed by atoms with E-state index in [0.717, 1.165) is 47.4 Å². The minimum absolute atomic E-state index is 0.0125. The number of likely N-dealkylation sites (tertiary alicyclic amines) is 1. The van der Waals surface area contributed by atoms with Gasteiger partial charge in [0, 0.05) is 37.0 Å². The van der Waals surface area contributed by atoms with Gasteiger partial charge in [0.1, 0.15) is 17.6 Å². The van der Waals surface area contributed by atoms with Gasteiger partial charge in [0.05, 0.1) is 25.4 Å². The van der Waals surface area contributed by atoms with Crippen LogP contribution in [0, 0.1) is 6.92 Å². The SMILES string of the molecule is COc1nc(N2CCC2)cc(-n2ncc3cc(C)c(C4CCN(C(=O)OC(C)(C)C)CC4F)cc32)n1. The van der Waals surface area contributed by atoms with E-state index in [1.807, 2.05) is 45.9 Å². The number of ether oxygens (including phenoxy) is 2. The summed E-state index contributed by atoms with van der Waals surface area (Å²) in [4.78, 5) is 25.1. The van der Waals surface area contributed by atoms with Gasteiger partial charge in [-0.1, -0.05) is 0 Å². The second kappa shape index (κ2) is 9.22. The Morgan fingerprint density at radius 2 is 1.86 bits per heavy atom. The van der Waals surface area contributed by atoms with Gasteiger partial charge in [-0.05, 0) is 63.8 Å². The molecule has 5 rings (SSSR count). The molecule has 2 saturated heterocycles. The maximum atomic E-state index is 15.5. The Kier molecular flexibility index (Phi) is 6.22. The van der Waals surface area contributed by atoms with Crippen molar-refractivity contribution in [1.29, 1.82) is 0 Å². The van der Waals surface area contributed by atoms with E-state index < -0.39 is 17.9 Å². The van der Waals surface area contributed by atoms with Crippen molar-refractivity contribution in [2.75, 3.05) is 38.2 Å². The molecule has 0 bridgehead atoms. The van der Waals surface area contributed by atoms with Crippen LogP contribution in [0.2, 0.25) is 0 Å². The van der Waals surface area contributed by atoms with Crippen LogP contribution in [-0.2, 0) is 4.74 Å². The summed E-state index contributed by atoms with van der Waals surface area (Å²) in [7, 11) is 1.55. The van der Waals surface area contributed by atoms with Crippen LogP contribution in [-0.4, -0.2) is 75.8 Å². The van der Waals surface area contributed by atoms with Crippen molar-refractivity contribution in [3.63, 3.8) is 0 Å². The van der Waals surface area contributed by atoms with Crippen LogP contribution in [0.25, 0.3) is 16.7 Å². The summed E-state index contributed by atoms with van der Waals surface area (Å²) in [5.41, 5.74) is 2.15. The number of anilines is 1. The van der Waals surface area contributed by atoms with Crippen molar-refractivity contribution in [2.45, 2.75) is 58.2 Å². The number of alkyl halides is 1. The van der Waals surface area contributed by atoms with E-state index in [1.165, 1.54) is 4.90 Å². The maximum absolute atomic E-state index is 15.5. The highest BCUT2D eigenvalue weighted by Gasteiger charge is 2.35. The molecule has 192 valence electrons. The minimum atomic E-state index is -1.20. The Morgan fingerprint density at radius 1 is 1.11 bits per heavy atom. The molecule has 2 aliphatic rings. The smallest absolute Gasteiger partial charge is 0.410 e. The molecule has 2 atom stereocenters. The first-order valence-corrected chi connectivity index (χ1v) is 12.4. The molecule has 0 aliphatic carbocycles. The number of carbonyl (C=O) groups is 1. The first-order valence-electron chi connectivity index (χ1n) is 12.4. The van der Waals surface area contributed by atoms with E-state index >= 15 is 4.39 Å². The fourth-order valence-corrected chi connectivity index (χ4v) is 4.84. The Balaban J connectivity index is 1.45. The number of hydrogen-bond donors (Lipinski definition) is 0. The molecule has 0 saturated carbocycles. The van der Waals surface area contributed by atoms with E-state index in [2.05, 4.69) is 20.0 Å². The number of carbonyl (C=O) groups excluding carboxylic acids is 1. The summed E-state index contributed by atoms with van der Waals surface area (Å²) < 4.78 is 28.0. The molecule has 2 aliphatic heterocycles. The standard InChI is InChI=1S/C26H33FN6O3/c1-16-11-17-14-28-33(23-13-22(31-8-6-9-31)29-24(30-23)35-5)21(17)12-19(16)18-7-10-32(15-20(18)27)25(34)36-26(2,3)4/h11-14,18,20H,6-10,15H2,1-5H3. The molecule has 1 aromatic carbocycles. The third kappa shape index (κ3) is 4.68. The number of piperidine rings is 1. The predicted octanol–water partition coefficient (Wildman–Crippen LogP) is 4.41. The van der Waals surface area contributed by atoms with Gasteiger partial charge in [-0.3, -0.25) is 0 Å². The molecular formula is C26H33FN6O3. The second-order valence-electron chi connectivity index (χ2n) is 10.6. The number of amides is 1. The zero-order chi connectivity index (χ0) is 25.6. The van der Waals surface area contributed by atoms with Gasteiger partial charge in [-0.25, -0.2) is 13.9 Å². The number of hydrogen-bond acceptors (Lipinski definition) is 7. The van der Waals surface area contributed by atoms with Crippen LogP contribution in [0.1, 0.15) is 50.7 Å².